The molecule has 0 saturated carbocycles. The van der Waals surface area contributed by atoms with Gasteiger partial charge in [-0.05, 0) is 18.9 Å². The zero-order valence-corrected chi connectivity index (χ0v) is 17.9. The summed E-state index contributed by atoms with van der Waals surface area (Å²) < 4.78 is 11.2. The number of benzene rings is 1. The number of ether oxygens (including phenoxy) is 2. The lowest BCUT2D eigenvalue weighted by atomic mass is 9.95. The minimum absolute atomic E-state index is 0.0858. The summed E-state index contributed by atoms with van der Waals surface area (Å²) in [4.78, 5) is 43.0. The normalized spacial score (nSPS) is 25.9. The second kappa shape index (κ2) is 8.49. The van der Waals surface area contributed by atoms with Crippen LogP contribution >= 0.6 is 0 Å². The summed E-state index contributed by atoms with van der Waals surface area (Å²) in [6.07, 6.45) is 6.31. The third-order valence-electron chi connectivity index (χ3n) is 6.98. The lowest BCUT2D eigenvalue weighted by Gasteiger charge is -2.33. The summed E-state index contributed by atoms with van der Waals surface area (Å²) in [5, 5.41) is 0. The van der Waals surface area contributed by atoms with Crippen molar-refractivity contribution in [3.63, 3.8) is 0 Å². The van der Waals surface area contributed by atoms with Gasteiger partial charge in [0.05, 0.1) is 24.3 Å². The third kappa shape index (κ3) is 3.89. The Morgan fingerprint density at radius 1 is 0.968 bits per heavy atom. The van der Waals surface area contributed by atoms with Crippen LogP contribution in [0.2, 0.25) is 0 Å². The quantitative estimate of drug-likeness (QED) is 0.715. The van der Waals surface area contributed by atoms with Crippen LogP contribution in [0.1, 0.15) is 48.9 Å². The highest BCUT2D eigenvalue weighted by atomic mass is 16.6. The van der Waals surface area contributed by atoms with Gasteiger partial charge in [0.25, 0.3) is 5.78 Å². The second-order valence-corrected chi connectivity index (χ2v) is 9.00. The summed E-state index contributed by atoms with van der Waals surface area (Å²) in [6.45, 7) is 4.75. The lowest BCUT2D eigenvalue weighted by Crippen LogP contribution is -3.14. The van der Waals surface area contributed by atoms with Crippen molar-refractivity contribution < 1.29 is 28.8 Å². The average molecular weight is 429 g/mol. The van der Waals surface area contributed by atoms with Crippen LogP contribution in [0.5, 0.6) is 11.5 Å². The number of rotatable bonds is 3. The Labute approximate surface area is 182 Å². The number of nitrogens with one attached hydrogen (secondary N) is 1. The summed E-state index contributed by atoms with van der Waals surface area (Å²) in [5.41, 5.74) is 0.995. The molecule has 4 heterocycles. The molecular formula is C23H30N3O5+. The van der Waals surface area contributed by atoms with E-state index >= 15 is 0 Å². The van der Waals surface area contributed by atoms with Crippen molar-refractivity contribution in [1.29, 1.82) is 0 Å². The third-order valence-corrected chi connectivity index (χ3v) is 6.98. The van der Waals surface area contributed by atoms with Gasteiger partial charge in [0.15, 0.2) is 18.2 Å². The van der Waals surface area contributed by atoms with Crippen LogP contribution in [0, 0.1) is 5.92 Å². The number of Topliss-reactive ketones (excluding diaryl/α,β-unsaturated/α-hetero) is 1. The molecule has 1 aromatic carbocycles. The van der Waals surface area contributed by atoms with Crippen LogP contribution in [0.4, 0.5) is 5.69 Å². The smallest absolute Gasteiger partial charge is 0.303 e. The van der Waals surface area contributed by atoms with Crippen LogP contribution in [0.15, 0.2) is 12.1 Å². The number of hydrogen-bond donors (Lipinski definition) is 1. The molecule has 2 saturated heterocycles. The topological polar surface area (TPSA) is 80.6 Å². The molecule has 31 heavy (non-hydrogen) atoms. The highest BCUT2D eigenvalue weighted by molar-refractivity contribution is 6.52. The SMILES string of the molecule is O=C1C(=O)N(C[NH+]2CCC(C(=O)N3CCCCCC3)CC2)c2cc3c(cc21)OCCO3. The Bertz CT molecular complexity index is 885. The number of nitrogens with zero attached hydrogens (tertiary/aromatic N) is 2. The number of likely N-dealkylation sites (tertiary alicyclic amines) is 2. The van der Waals surface area contributed by atoms with E-state index in [9.17, 15) is 14.4 Å². The minimum atomic E-state index is -0.493. The Hall–Kier alpha value is -2.61. The van der Waals surface area contributed by atoms with E-state index in [-0.39, 0.29) is 5.92 Å². The zero-order valence-electron chi connectivity index (χ0n) is 17.9. The number of quaternary nitrogens is 1. The van der Waals surface area contributed by atoms with Gasteiger partial charge in [0.2, 0.25) is 5.91 Å². The molecule has 5 rings (SSSR count). The molecule has 2 fully saturated rings. The summed E-state index contributed by atoms with van der Waals surface area (Å²) in [7, 11) is 0. The maximum atomic E-state index is 12.9. The molecule has 8 heteroatoms. The van der Waals surface area contributed by atoms with E-state index in [2.05, 4.69) is 4.90 Å². The van der Waals surface area contributed by atoms with Crippen molar-refractivity contribution in [3.05, 3.63) is 17.7 Å². The van der Waals surface area contributed by atoms with Crippen molar-refractivity contribution in [3.8, 4) is 11.5 Å². The first-order valence-corrected chi connectivity index (χ1v) is 11.5. The molecule has 166 valence electrons. The highest BCUT2D eigenvalue weighted by Gasteiger charge is 2.40. The molecular weight excluding hydrogens is 398 g/mol. The summed E-state index contributed by atoms with van der Waals surface area (Å²) in [5.74, 6) is 0.512. The lowest BCUT2D eigenvalue weighted by molar-refractivity contribution is -0.904. The first-order chi connectivity index (χ1) is 15.1. The number of hydrogen-bond acceptors (Lipinski definition) is 5. The van der Waals surface area contributed by atoms with E-state index in [1.807, 2.05) is 0 Å². The molecule has 1 N–H and O–H groups in total. The number of ketones is 1. The predicted molar refractivity (Wildman–Crippen MR) is 113 cm³/mol. The number of anilines is 1. The second-order valence-electron chi connectivity index (χ2n) is 9.00. The van der Waals surface area contributed by atoms with E-state index < -0.39 is 11.7 Å². The molecule has 0 radical (unpaired) electrons. The molecule has 0 bridgehead atoms. The van der Waals surface area contributed by atoms with Crippen LogP contribution in [0.3, 0.4) is 0 Å². The number of piperidine rings is 1. The van der Waals surface area contributed by atoms with Gasteiger partial charge in [0.1, 0.15) is 13.2 Å². The molecule has 0 aromatic heterocycles. The van der Waals surface area contributed by atoms with Gasteiger partial charge in [-0.2, -0.15) is 0 Å². The van der Waals surface area contributed by atoms with Crippen molar-refractivity contribution in [2.75, 3.05) is 51.0 Å². The molecule has 0 atom stereocenters. The first-order valence-electron chi connectivity index (χ1n) is 11.5. The van der Waals surface area contributed by atoms with Crippen LogP contribution < -0.4 is 19.3 Å². The maximum Gasteiger partial charge on any atom is 0.303 e. The van der Waals surface area contributed by atoms with Gasteiger partial charge in [-0.3, -0.25) is 19.3 Å². The van der Waals surface area contributed by atoms with Gasteiger partial charge in [0, 0.05) is 37.9 Å². The molecule has 0 aliphatic carbocycles. The molecule has 8 nitrogen and oxygen atoms in total. The van der Waals surface area contributed by atoms with E-state index in [0.717, 1.165) is 51.9 Å². The Kier molecular flexibility index (Phi) is 5.56. The van der Waals surface area contributed by atoms with Crippen molar-refractivity contribution in [1.82, 2.24) is 4.90 Å². The van der Waals surface area contributed by atoms with Crippen LogP contribution in [0.25, 0.3) is 0 Å². The largest absolute Gasteiger partial charge is 0.486 e. The fourth-order valence-corrected chi connectivity index (χ4v) is 5.19. The van der Waals surface area contributed by atoms with Crippen LogP contribution in [-0.4, -0.2) is 68.6 Å². The molecule has 1 aromatic rings. The minimum Gasteiger partial charge on any atom is -0.486 e. The fourth-order valence-electron chi connectivity index (χ4n) is 5.19. The van der Waals surface area contributed by atoms with Gasteiger partial charge >= 0.3 is 5.91 Å². The number of carbonyl (C=O) groups excluding carboxylic acids is 3. The number of carbonyl (C=O) groups is 3. The number of amides is 2. The van der Waals surface area contributed by atoms with Crippen molar-refractivity contribution in [2.24, 2.45) is 5.92 Å². The van der Waals surface area contributed by atoms with Gasteiger partial charge in [-0.1, -0.05) is 12.8 Å². The summed E-state index contributed by atoms with van der Waals surface area (Å²) >= 11 is 0. The van der Waals surface area contributed by atoms with E-state index in [4.69, 9.17) is 9.47 Å². The molecule has 2 amide bonds. The Morgan fingerprint density at radius 3 is 2.29 bits per heavy atom. The Morgan fingerprint density at radius 2 is 1.61 bits per heavy atom. The van der Waals surface area contributed by atoms with Crippen molar-refractivity contribution >= 4 is 23.3 Å². The maximum absolute atomic E-state index is 12.9. The highest BCUT2D eigenvalue weighted by Crippen LogP contribution is 2.40. The van der Waals surface area contributed by atoms with E-state index in [1.165, 1.54) is 17.7 Å². The van der Waals surface area contributed by atoms with E-state index in [0.29, 0.717) is 48.5 Å². The van der Waals surface area contributed by atoms with Gasteiger partial charge in [-0.15, -0.1) is 0 Å². The monoisotopic (exact) mass is 428 g/mol. The molecule has 4 aliphatic rings. The summed E-state index contributed by atoms with van der Waals surface area (Å²) in [6, 6.07) is 3.38. The first kappa shape index (κ1) is 20.3. The molecule has 4 aliphatic heterocycles. The van der Waals surface area contributed by atoms with Crippen LogP contribution in [-0.2, 0) is 9.59 Å². The average Bonchev–Trinajstić information content (AvgIpc) is 3.00. The van der Waals surface area contributed by atoms with Gasteiger partial charge in [-0.25, -0.2) is 0 Å². The van der Waals surface area contributed by atoms with Crippen molar-refractivity contribution in [2.45, 2.75) is 38.5 Å². The number of fused-ring (bicyclic) bond motifs is 2. The van der Waals surface area contributed by atoms with E-state index in [1.54, 1.807) is 17.0 Å². The Balaban J connectivity index is 1.23. The fraction of sp³-hybridized carbons (Fsp3) is 0.609. The molecule has 0 unspecified atom stereocenters. The standard InChI is InChI=1S/C23H29N3O5/c27-21-17-13-19-20(31-12-11-30-19)14-18(17)26(23(21)29)15-24-9-5-16(6-10-24)22(28)25-7-3-1-2-4-8-25/h13-14,16H,1-12,15H2/p+1. The molecule has 0 spiro atoms. The predicted octanol–water partition coefficient (Wildman–Crippen LogP) is 0.642. The van der Waals surface area contributed by atoms with Gasteiger partial charge < -0.3 is 19.3 Å². The zero-order chi connectivity index (χ0) is 21.4.